The standard InChI is InChI=1S/C28H34N2O5/c1-3-33-23-13-14-26-24(15-23)27(31)25(28(29)32)17-30(26)16-20-9-11-21(12-10-20)18-34-19(2)35-22-7-5-4-6-8-22/h9-15,17,19,22H,3-8,16,18H2,1-2H3,(H2,29,32). The van der Waals surface area contributed by atoms with Crippen LogP contribution in [0, 0.1) is 0 Å². The number of primary amides is 1. The highest BCUT2D eigenvalue weighted by Gasteiger charge is 2.17. The Kier molecular flexibility index (Phi) is 8.21. The monoisotopic (exact) mass is 478 g/mol. The summed E-state index contributed by atoms with van der Waals surface area (Å²) in [4.78, 5) is 24.8. The van der Waals surface area contributed by atoms with Gasteiger partial charge < -0.3 is 24.5 Å². The largest absolute Gasteiger partial charge is 0.494 e. The summed E-state index contributed by atoms with van der Waals surface area (Å²) in [6.45, 7) is 5.27. The van der Waals surface area contributed by atoms with E-state index >= 15 is 0 Å². The van der Waals surface area contributed by atoms with E-state index in [1.165, 1.54) is 25.5 Å². The van der Waals surface area contributed by atoms with Crippen molar-refractivity contribution in [1.29, 1.82) is 0 Å². The summed E-state index contributed by atoms with van der Waals surface area (Å²) in [6, 6.07) is 13.4. The van der Waals surface area contributed by atoms with E-state index in [1.807, 2.05) is 54.8 Å². The number of rotatable bonds is 10. The molecule has 7 heteroatoms. The highest BCUT2D eigenvalue weighted by atomic mass is 16.7. The molecule has 1 saturated carbocycles. The number of benzene rings is 2. The highest BCUT2D eigenvalue weighted by molar-refractivity contribution is 5.96. The van der Waals surface area contributed by atoms with Gasteiger partial charge in [-0.25, -0.2) is 0 Å². The zero-order valence-corrected chi connectivity index (χ0v) is 20.5. The molecule has 186 valence electrons. The predicted octanol–water partition coefficient (Wildman–Crippen LogP) is 4.76. The third-order valence-electron chi connectivity index (χ3n) is 6.42. The summed E-state index contributed by atoms with van der Waals surface area (Å²) >= 11 is 0. The molecule has 1 aliphatic rings. The maximum absolute atomic E-state index is 12.8. The van der Waals surface area contributed by atoms with E-state index in [4.69, 9.17) is 19.9 Å². The van der Waals surface area contributed by atoms with Crippen LogP contribution in [0.15, 0.2) is 53.5 Å². The normalized spacial score (nSPS) is 15.3. The first-order chi connectivity index (χ1) is 16.9. The van der Waals surface area contributed by atoms with Crippen LogP contribution in [0.25, 0.3) is 10.9 Å². The van der Waals surface area contributed by atoms with Gasteiger partial charge in [-0.05, 0) is 56.0 Å². The van der Waals surface area contributed by atoms with E-state index in [-0.39, 0.29) is 17.3 Å². The van der Waals surface area contributed by atoms with E-state index < -0.39 is 5.91 Å². The van der Waals surface area contributed by atoms with Gasteiger partial charge in [0, 0.05) is 12.7 Å². The molecule has 0 spiro atoms. The molecule has 0 aliphatic heterocycles. The topological polar surface area (TPSA) is 92.8 Å². The molecule has 2 N–H and O–H groups in total. The third kappa shape index (κ3) is 6.29. The number of ether oxygens (including phenoxy) is 3. The Balaban J connectivity index is 1.47. The number of carbonyl (C=O) groups is 1. The lowest BCUT2D eigenvalue weighted by Gasteiger charge is -2.25. The van der Waals surface area contributed by atoms with Crippen LogP contribution in [-0.4, -0.2) is 29.5 Å². The van der Waals surface area contributed by atoms with Gasteiger partial charge in [0.1, 0.15) is 11.3 Å². The number of fused-ring (bicyclic) bond motifs is 1. The molecule has 1 unspecified atom stereocenters. The molecular formula is C28H34N2O5. The number of amides is 1. The summed E-state index contributed by atoms with van der Waals surface area (Å²) in [5.74, 6) is -0.166. The van der Waals surface area contributed by atoms with Crippen LogP contribution in [0.4, 0.5) is 0 Å². The van der Waals surface area contributed by atoms with Gasteiger partial charge in [-0.2, -0.15) is 0 Å². The fraction of sp³-hybridized carbons (Fsp3) is 0.429. The lowest BCUT2D eigenvalue weighted by molar-refractivity contribution is -0.172. The van der Waals surface area contributed by atoms with Crippen LogP contribution in [0.2, 0.25) is 0 Å². The Hall–Kier alpha value is -3.16. The Bertz CT molecular complexity index is 1210. The quantitative estimate of drug-likeness (QED) is 0.424. The van der Waals surface area contributed by atoms with Crippen molar-refractivity contribution >= 4 is 16.8 Å². The molecule has 1 heterocycles. The van der Waals surface area contributed by atoms with Crippen LogP contribution >= 0.6 is 0 Å². The second-order valence-electron chi connectivity index (χ2n) is 9.07. The van der Waals surface area contributed by atoms with Gasteiger partial charge >= 0.3 is 0 Å². The molecule has 35 heavy (non-hydrogen) atoms. The smallest absolute Gasteiger partial charge is 0.254 e. The van der Waals surface area contributed by atoms with Crippen molar-refractivity contribution in [1.82, 2.24) is 4.57 Å². The minimum atomic E-state index is -0.746. The first kappa shape index (κ1) is 24.9. The van der Waals surface area contributed by atoms with Crippen molar-refractivity contribution in [3.05, 3.63) is 75.6 Å². The number of aromatic nitrogens is 1. The lowest BCUT2D eigenvalue weighted by atomic mass is 9.98. The lowest BCUT2D eigenvalue weighted by Crippen LogP contribution is -2.24. The molecule has 0 saturated heterocycles. The Morgan fingerprint density at radius 2 is 1.80 bits per heavy atom. The Labute approximate surface area is 205 Å². The number of pyridine rings is 1. The molecule has 0 bridgehead atoms. The average molecular weight is 479 g/mol. The number of nitrogens with zero attached hydrogens (tertiary/aromatic N) is 1. The third-order valence-corrected chi connectivity index (χ3v) is 6.42. The minimum Gasteiger partial charge on any atom is -0.494 e. The van der Waals surface area contributed by atoms with E-state index in [0.29, 0.717) is 42.5 Å². The summed E-state index contributed by atoms with van der Waals surface area (Å²) in [5, 5.41) is 0.407. The van der Waals surface area contributed by atoms with E-state index in [9.17, 15) is 9.59 Å². The van der Waals surface area contributed by atoms with Gasteiger partial charge in [-0.1, -0.05) is 43.5 Å². The number of hydrogen-bond acceptors (Lipinski definition) is 5. The van der Waals surface area contributed by atoms with E-state index in [1.54, 1.807) is 6.07 Å². The summed E-state index contributed by atoms with van der Waals surface area (Å²) < 4.78 is 19.3. The summed E-state index contributed by atoms with van der Waals surface area (Å²) in [7, 11) is 0. The molecule has 1 atom stereocenters. The predicted molar refractivity (Wildman–Crippen MR) is 136 cm³/mol. The Morgan fingerprint density at radius 1 is 1.09 bits per heavy atom. The van der Waals surface area contributed by atoms with Gasteiger partial charge in [0.25, 0.3) is 5.91 Å². The van der Waals surface area contributed by atoms with Crippen molar-refractivity contribution in [3.63, 3.8) is 0 Å². The number of hydrogen-bond donors (Lipinski definition) is 1. The molecular weight excluding hydrogens is 444 g/mol. The molecule has 1 fully saturated rings. The van der Waals surface area contributed by atoms with Gasteiger partial charge in [-0.3, -0.25) is 9.59 Å². The molecule has 1 aromatic heterocycles. The summed E-state index contributed by atoms with van der Waals surface area (Å²) in [5.41, 5.74) is 7.86. The molecule has 7 nitrogen and oxygen atoms in total. The molecule has 3 aromatic rings. The van der Waals surface area contributed by atoms with Gasteiger partial charge in [0.15, 0.2) is 6.29 Å². The van der Waals surface area contributed by atoms with Crippen LogP contribution in [0.5, 0.6) is 5.75 Å². The molecule has 0 radical (unpaired) electrons. The van der Waals surface area contributed by atoms with Crippen molar-refractivity contribution in [3.8, 4) is 5.75 Å². The number of nitrogens with two attached hydrogens (primary N) is 1. The van der Waals surface area contributed by atoms with Crippen LogP contribution < -0.4 is 15.9 Å². The van der Waals surface area contributed by atoms with E-state index in [2.05, 4.69) is 0 Å². The fourth-order valence-corrected chi connectivity index (χ4v) is 4.60. The average Bonchev–Trinajstić information content (AvgIpc) is 2.86. The second-order valence-corrected chi connectivity index (χ2v) is 9.07. The van der Waals surface area contributed by atoms with Gasteiger partial charge in [-0.15, -0.1) is 0 Å². The molecule has 4 rings (SSSR count). The zero-order valence-electron chi connectivity index (χ0n) is 20.5. The van der Waals surface area contributed by atoms with Crippen molar-refractivity contribution in [2.75, 3.05) is 6.61 Å². The van der Waals surface area contributed by atoms with Crippen LogP contribution in [-0.2, 0) is 22.6 Å². The first-order valence-corrected chi connectivity index (χ1v) is 12.4. The van der Waals surface area contributed by atoms with Crippen LogP contribution in [0.3, 0.4) is 0 Å². The zero-order chi connectivity index (χ0) is 24.8. The minimum absolute atomic E-state index is 0.0388. The van der Waals surface area contributed by atoms with Crippen molar-refractivity contribution in [2.24, 2.45) is 5.73 Å². The van der Waals surface area contributed by atoms with Gasteiger partial charge in [0.05, 0.1) is 30.2 Å². The molecule has 1 amide bonds. The van der Waals surface area contributed by atoms with Crippen molar-refractivity contribution in [2.45, 2.75) is 71.5 Å². The maximum atomic E-state index is 12.8. The SMILES string of the molecule is CCOc1ccc2c(c1)c(=O)c(C(N)=O)cn2Cc1ccc(COC(C)OC2CCCCC2)cc1. The van der Waals surface area contributed by atoms with Gasteiger partial charge in [0.2, 0.25) is 5.43 Å². The van der Waals surface area contributed by atoms with E-state index in [0.717, 1.165) is 24.0 Å². The molecule has 2 aromatic carbocycles. The fourth-order valence-electron chi connectivity index (χ4n) is 4.60. The Morgan fingerprint density at radius 3 is 2.49 bits per heavy atom. The maximum Gasteiger partial charge on any atom is 0.254 e. The van der Waals surface area contributed by atoms with Crippen molar-refractivity contribution < 1.29 is 19.0 Å². The second kappa shape index (κ2) is 11.5. The number of carbonyl (C=O) groups excluding carboxylic acids is 1. The highest BCUT2D eigenvalue weighted by Crippen LogP contribution is 2.23. The summed E-state index contributed by atoms with van der Waals surface area (Å²) in [6.07, 6.45) is 7.61. The van der Waals surface area contributed by atoms with Crippen LogP contribution in [0.1, 0.15) is 67.4 Å². The first-order valence-electron chi connectivity index (χ1n) is 12.4. The molecule has 1 aliphatic carbocycles.